The first-order valence-corrected chi connectivity index (χ1v) is 11.5. The maximum Gasteiger partial charge on any atom is 0.257 e. The van der Waals surface area contributed by atoms with Gasteiger partial charge < -0.3 is 24.8 Å². The van der Waals surface area contributed by atoms with E-state index in [1.54, 1.807) is 18.0 Å². The number of fused-ring (bicyclic) bond motifs is 1. The first kappa shape index (κ1) is 22.9. The number of nitrogens with one attached hydrogen (secondary N) is 2. The highest BCUT2D eigenvalue weighted by atomic mass is 16.5. The molecular weight excluding hydrogens is 448 g/mol. The fourth-order valence-electron chi connectivity index (χ4n) is 4.13. The van der Waals surface area contributed by atoms with Gasteiger partial charge in [-0.25, -0.2) is 9.97 Å². The van der Waals surface area contributed by atoms with Crippen LogP contribution >= 0.6 is 0 Å². The highest BCUT2D eigenvalue weighted by molar-refractivity contribution is 5.84. The molecule has 3 aromatic heterocycles. The highest BCUT2D eigenvalue weighted by Crippen LogP contribution is 2.24. The topological polar surface area (TPSA) is 136 Å². The first-order valence-electron chi connectivity index (χ1n) is 11.5. The lowest BCUT2D eigenvalue weighted by Gasteiger charge is -2.37. The summed E-state index contributed by atoms with van der Waals surface area (Å²) in [6, 6.07) is 9.70. The Morgan fingerprint density at radius 3 is 2.69 bits per heavy atom. The van der Waals surface area contributed by atoms with Gasteiger partial charge >= 0.3 is 0 Å². The van der Waals surface area contributed by atoms with E-state index in [4.69, 9.17) is 4.52 Å². The van der Waals surface area contributed by atoms with Crippen LogP contribution in [0.25, 0.3) is 22.5 Å². The minimum Gasteiger partial charge on any atom is -0.381 e. The molecule has 0 radical (unpaired) electrons. The number of amides is 1. The number of aryl methyl sites for hydroxylation is 1. The van der Waals surface area contributed by atoms with E-state index in [1.165, 1.54) is 13.8 Å². The summed E-state index contributed by atoms with van der Waals surface area (Å²) >= 11 is 0. The van der Waals surface area contributed by atoms with Gasteiger partial charge in [-0.05, 0) is 56.7 Å². The van der Waals surface area contributed by atoms with Gasteiger partial charge in [-0.15, -0.1) is 0 Å². The van der Waals surface area contributed by atoms with Crippen molar-refractivity contribution in [3.8, 4) is 11.5 Å². The Balaban J connectivity index is 1.23. The zero-order chi connectivity index (χ0) is 24.6. The standard InChI is InChI=1S/C24H28N8O3/c1-15-26-21(35-30-15)17-4-5-18-19(13-17)28-23(27-18)29-20-12-16(6-7-25-20)14-31-8-10-32(11-9-31)22(33)24(2,3)34/h4-7,12-13,34H,8-11,14H2,1-3H3,(H2,25,27,28,29). The zero-order valence-electron chi connectivity index (χ0n) is 19.9. The van der Waals surface area contributed by atoms with Crippen molar-refractivity contribution in [3.05, 3.63) is 47.9 Å². The molecule has 0 saturated carbocycles. The van der Waals surface area contributed by atoms with Crippen molar-refractivity contribution >= 4 is 28.7 Å². The molecule has 182 valence electrons. The number of benzene rings is 1. The molecule has 0 unspecified atom stereocenters. The van der Waals surface area contributed by atoms with Gasteiger partial charge in [-0.3, -0.25) is 9.69 Å². The van der Waals surface area contributed by atoms with Crippen molar-refractivity contribution in [1.29, 1.82) is 0 Å². The molecule has 35 heavy (non-hydrogen) atoms. The minimum atomic E-state index is -1.34. The predicted molar refractivity (Wildman–Crippen MR) is 130 cm³/mol. The van der Waals surface area contributed by atoms with Crippen molar-refractivity contribution in [3.63, 3.8) is 0 Å². The van der Waals surface area contributed by atoms with E-state index in [-0.39, 0.29) is 5.91 Å². The summed E-state index contributed by atoms with van der Waals surface area (Å²) in [6.45, 7) is 8.28. The molecular formula is C24H28N8O3. The second-order valence-electron chi connectivity index (χ2n) is 9.27. The maximum absolute atomic E-state index is 12.3. The number of aliphatic hydroxyl groups is 1. The van der Waals surface area contributed by atoms with Gasteiger partial charge in [0, 0.05) is 44.5 Å². The summed E-state index contributed by atoms with van der Waals surface area (Å²) < 4.78 is 5.25. The van der Waals surface area contributed by atoms with Crippen molar-refractivity contribution < 1.29 is 14.4 Å². The molecule has 1 aliphatic rings. The lowest BCUT2D eigenvalue weighted by Crippen LogP contribution is -2.53. The van der Waals surface area contributed by atoms with E-state index in [1.807, 2.05) is 30.3 Å². The Hall–Kier alpha value is -3.83. The van der Waals surface area contributed by atoms with Crippen molar-refractivity contribution in [2.45, 2.75) is 32.9 Å². The fraction of sp³-hybridized carbons (Fsp3) is 0.375. The molecule has 3 N–H and O–H groups in total. The van der Waals surface area contributed by atoms with Gasteiger partial charge in [0.05, 0.1) is 11.0 Å². The summed E-state index contributed by atoms with van der Waals surface area (Å²) in [6.07, 6.45) is 1.77. The molecule has 0 aliphatic carbocycles. The minimum absolute atomic E-state index is 0.224. The van der Waals surface area contributed by atoms with Gasteiger partial charge in [-0.2, -0.15) is 4.98 Å². The summed E-state index contributed by atoms with van der Waals surface area (Å²) in [7, 11) is 0. The summed E-state index contributed by atoms with van der Waals surface area (Å²) in [5.74, 6) is 2.10. The Morgan fingerprint density at radius 1 is 1.17 bits per heavy atom. The first-order chi connectivity index (χ1) is 16.7. The van der Waals surface area contributed by atoms with Crippen LogP contribution in [0.2, 0.25) is 0 Å². The van der Waals surface area contributed by atoms with Crippen LogP contribution in [0.4, 0.5) is 11.8 Å². The van der Waals surface area contributed by atoms with E-state index in [9.17, 15) is 9.90 Å². The molecule has 1 saturated heterocycles. The van der Waals surface area contributed by atoms with Crippen LogP contribution in [0.15, 0.2) is 41.1 Å². The van der Waals surface area contributed by atoms with E-state index in [0.717, 1.165) is 41.8 Å². The SMILES string of the molecule is Cc1noc(-c2ccc3nc(Nc4cc(CN5CCN(C(=O)C(C)(C)O)CC5)ccn4)[nH]c3c2)n1. The molecule has 11 heteroatoms. The van der Waals surface area contributed by atoms with Gasteiger partial charge in [0.1, 0.15) is 11.4 Å². The molecule has 0 atom stereocenters. The van der Waals surface area contributed by atoms with Crippen LogP contribution in [-0.4, -0.2) is 77.7 Å². The number of H-pyrrole nitrogens is 1. The Bertz CT molecular complexity index is 1350. The Labute approximate surface area is 202 Å². The maximum atomic E-state index is 12.3. The smallest absolute Gasteiger partial charge is 0.257 e. The van der Waals surface area contributed by atoms with E-state index >= 15 is 0 Å². The monoisotopic (exact) mass is 476 g/mol. The number of nitrogens with zero attached hydrogens (tertiary/aromatic N) is 6. The second kappa shape index (κ2) is 9.08. The second-order valence-corrected chi connectivity index (χ2v) is 9.27. The highest BCUT2D eigenvalue weighted by Gasteiger charge is 2.31. The van der Waals surface area contributed by atoms with Crippen LogP contribution in [-0.2, 0) is 11.3 Å². The normalized spacial score (nSPS) is 15.0. The van der Waals surface area contributed by atoms with Gasteiger partial charge in [0.2, 0.25) is 5.95 Å². The molecule has 1 aromatic carbocycles. The fourth-order valence-corrected chi connectivity index (χ4v) is 4.13. The number of carbonyl (C=O) groups is 1. The lowest BCUT2D eigenvalue weighted by atomic mass is 10.1. The zero-order valence-corrected chi connectivity index (χ0v) is 19.9. The number of imidazole rings is 1. The quantitative estimate of drug-likeness (QED) is 0.383. The summed E-state index contributed by atoms with van der Waals surface area (Å²) in [4.78, 5) is 32.9. The van der Waals surface area contributed by atoms with Gasteiger partial charge in [0.25, 0.3) is 11.8 Å². The van der Waals surface area contributed by atoms with Crippen LogP contribution in [0.5, 0.6) is 0 Å². The summed E-state index contributed by atoms with van der Waals surface area (Å²) in [5.41, 5.74) is 2.24. The van der Waals surface area contributed by atoms with Crippen LogP contribution in [0.3, 0.4) is 0 Å². The van der Waals surface area contributed by atoms with Gasteiger partial charge in [0.15, 0.2) is 5.82 Å². The number of aromatic nitrogens is 5. The molecule has 11 nitrogen and oxygen atoms in total. The molecule has 0 spiro atoms. The number of pyridine rings is 1. The van der Waals surface area contributed by atoms with Crippen molar-refractivity contribution in [2.24, 2.45) is 0 Å². The number of aromatic amines is 1. The Morgan fingerprint density at radius 2 is 1.97 bits per heavy atom. The molecule has 5 rings (SSSR count). The lowest BCUT2D eigenvalue weighted by molar-refractivity contribution is -0.149. The molecule has 4 heterocycles. The van der Waals surface area contributed by atoms with Gasteiger partial charge in [-0.1, -0.05) is 5.16 Å². The average Bonchev–Trinajstić information content (AvgIpc) is 3.43. The number of piperazine rings is 1. The number of anilines is 2. The number of rotatable bonds is 6. The van der Waals surface area contributed by atoms with Crippen LogP contribution in [0.1, 0.15) is 25.2 Å². The largest absolute Gasteiger partial charge is 0.381 e. The number of carbonyl (C=O) groups excluding carboxylic acids is 1. The van der Waals surface area contributed by atoms with Crippen LogP contribution in [0, 0.1) is 6.92 Å². The number of hydrogen-bond acceptors (Lipinski definition) is 9. The third-order valence-corrected chi connectivity index (χ3v) is 5.92. The third kappa shape index (κ3) is 5.15. The molecule has 0 bridgehead atoms. The summed E-state index contributed by atoms with van der Waals surface area (Å²) in [5, 5.41) is 17.1. The Kier molecular flexibility index (Phi) is 5.95. The molecule has 1 fully saturated rings. The molecule has 1 aliphatic heterocycles. The average molecular weight is 477 g/mol. The number of hydrogen-bond donors (Lipinski definition) is 3. The predicted octanol–water partition coefficient (Wildman–Crippen LogP) is 2.48. The van der Waals surface area contributed by atoms with E-state index in [0.29, 0.717) is 36.6 Å². The van der Waals surface area contributed by atoms with E-state index < -0.39 is 5.60 Å². The molecule has 4 aromatic rings. The van der Waals surface area contributed by atoms with E-state index in [2.05, 4.69) is 35.3 Å². The third-order valence-electron chi connectivity index (χ3n) is 5.92. The van der Waals surface area contributed by atoms with Crippen LogP contribution < -0.4 is 5.32 Å². The van der Waals surface area contributed by atoms with Crippen molar-refractivity contribution in [2.75, 3.05) is 31.5 Å². The molecule has 1 amide bonds. The van der Waals surface area contributed by atoms with Crippen molar-refractivity contribution in [1.82, 2.24) is 34.9 Å².